The Kier molecular flexibility index (Phi) is 4.56. The largest absolute Gasteiger partial charge is 0.344 e. The zero-order valence-corrected chi connectivity index (χ0v) is 15.9. The predicted octanol–water partition coefficient (Wildman–Crippen LogP) is 1.96. The van der Waals surface area contributed by atoms with Gasteiger partial charge in [-0.15, -0.1) is 0 Å². The Labute approximate surface area is 163 Å². The topological polar surface area (TPSA) is 98.8 Å². The number of anilines is 1. The van der Waals surface area contributed by atoms with E-state index in [1.165, 1.54) is 0 Å². The number of rotatable bonds is 3. The monoisotopic (exact) mass is 384 g/mol. The second-order valence-electron chi connectivity index (χ2n) is 7.98. The van der Waals surface area contributed by atoms with Gasteiger partial charge in [0.1, 0.15) is 5.54 Å². The lowest BCUT2D eigenvalue weighted by Gasteiger charge is -2.33. The number of amides is 5. The van der Waals surface area contributed by atoms with Crippen molar-refractivity contribution in [3.8, 4) is 0 Å². The number of benzene rings is 1. The number of nitrogens with zero attached hydrogens (tertiary/aromatic N) is 2. The summed E-state index contributed by atoms with van der Waals surface area (Å²) in [6, 6.07) is 6.06. The maximum atomic E-state index is 12.9. The molecule has 2 N–H and O–H groups in total. The number of nitrogens with one attached hydrogen (secondary N) is 2. The third kappa shape index (κ3) is 3.12. The van der Waals surface area contributed by atoms with Crippen LogP contribution in [-0.2, 0) is 9.59 Å². The van der Waals surface area contributed by atoms with Crippen molar-refractivity contribution in [2.45, 2.75) is 51.0 Å². The third-order valence-corrected chi connectivity index (χ3v) is 6.00. The van der Waals surface area contributed by atoms with Gasteiger partial charge in [0.2, 0.25) is 5.91 Å². The molecule has 8 heteroatoms. The van der Waals surface area contributed by atoms with E-state index in [1.807, 2.05) is 0 Å². The average molecular weight is 384 g/mol. The molecular formula is C20H24N4O4. The lowest BCUT2D eigenvalue weighted by Crippen LogP contribution is -2.51. The fourth-order valence-electron chi connectivity index (χ4n) is 4.22. The van der Waals surface area contributed by atoms with Crippen LogP contribution in [0.25, 0.3) is 0 Å². The van der Waals surface area contributed by atoms with Crippen LogP contribution >= 0.6 is 0 Å². The van der Waals surface area contributed by atoms with E-state index in [2.05, 4.69) is 17.7 Å². The number of hydrogen-bond donors (Lipinski definition) is 2. The van der Waals surface area contributed by atoms with Crippen LogP contribution in [0.4, 0.5) is 10.5 Å². The van der Waals surface area contributed by atoms with Gasteiger partial charge in [-0.25, -0.2) is 4.79 Å². The summed E-state index contributed by atoms with van der Waals surface area (Å²) in [5.41, 5.74) is 2.47. The van der Waals surface area contributed by atoms with Crippen LogP contribution in [0.1, 0.15) is 55.8 Å². The van der Waals surface area contributed by atoms with Gasteiger partial charge in [0.15, 0.2) is 0 Å². The zero-order chi connectivity index (χ0) is 19.9. The first-order chi connectivity index (χ1) is 13.4. The Bertz CT molecular complexity index is 844. The fourth-order valence-corrected chi connectivity index (χ4v) is 4.22. The molecule has 0 radical (unpaired) electrons. The molecule has 2 heterocycles. The molecule has 8 nitrogen and oxygen atoms in total. The Hall–Kier alpha value is -2.90. The van der Waals surface area contributed by atoms with E-state index in [9.17, 15) is 19.2 Å². The van der Waals surface area contributed by atoms with Crippen molar-refractivity contribution in [1.29, 1.82) is 0 Å². The summed E-state index contributed by atoms with van der Waals surface area (Å²) >= 11 is 0. The van der Waals surface area contributed by atoms with Gasteiger partial charge < -0.3 is 10.2 Å². The average Bonchev–Trinajstić information content (AvgIpc) is 3.21. The summed E-state index contributed by atoms with van der Waals surface area (Å²) in [6.45, 7) is 2.75. The Morgan fingerprint density at radius 3 is 2.64 bits per heavy atom. The van der Waals surface area contributed by atoms with Crippen molar-refractivity contribution in [2.75, 3.05) is 11.4 Å². The molecule has 5 amide bonds. The van der Waals surface area contributed by atoms with Crippen LogP contribution < -0.4 is 15.6 Å². The molecule has 0 aromatic heterocycles. The molecule has 28 heavy (non-hydrogen) atoms. The second-order valence-corrected chi connectivity index (χ2v) is 7.98. The van der Waals surface area contributed by atoms with Crippen LogP contribution in [0.2, 0.25) is 0 Å². The first-order valence-corrected chi connectivity index (χ1v) is 9.78. The van der Waals surface area contributed by atoms with Crippen LogP contribution in [0.5, 0.6) is 0 Å². The molecule has 0 atom stereocenters. The van der Waals surface area contributed by atoms with Crippen LogP contribution in [0.3, 0.4) is 0 Å². The molecule has 0 bridgehead atoms. The predicted molar refractivity (Wildman–Crippen MR) is 101 cm³/mol. The fraction of sp³-hybridized carbons (Fsp3) is 0.500. The van der Waals surface area contributed by atoms with E-state index in [1.54, 1.807) is 29.2 Å². The summed E-state index contributed by atoms with van der Waals surface area (Å²) in [5.74, 6) is -0.406. The molecule has 3 fully saturated rings. The molecule has 1 aromatic carbocycles. The summed E-state index contributed by atoms with van der Waals surface area (Å²) in [5, 5.41) is 3.58. The smallest absolute Gasteiger partial charge is 0.322 e. The number of carbonyl (C=O) groups excluding carboxylic acids is 4. The molecular weight excluding hydrogens is 360 g/mol. The lowest BCUT2D eigenvalue weighted by molar-refractivity contribution is -0.134. The summed E-state index contributed by atoms with van der Waals surface area (Å²) in [4.78, 5) is 51.5. The SMILES string of the molecule is CC1CCC2(CC1)NC(=O)N(NC(=O)c1cccc(N3CCCC3=O)c1)C2=O. The van der Waals surface area contributed by atoms with Crippen molar-refractivity contribution in [2.24, 2.45) is 5.92 Å². The molecule has 4 rings (SSSR count). The van der Waals surface area contributed by atoms with Gasteiger partial charge in [-0.2, -0.15) is 5.01 Å². The zero-order valence-electron chi connectivity index (χ0n) is 15.9. The van der Waals surface area contributed by atoms with Crippen molar-refractivity contribution in [3.63, 3.8) is 0 Å². The highest BCUT2D eigenvalue weighted by Crippen LogP contribution is 2.35. The van der Waals surface area contributed by atoms with Gasteiger partial charge in [-0.1, -0.05) is 13.0 Å². The number of urea groups is 1. The summed E-state index contributed by atoms with van der Waals surface area (Å²) in [6.07, 6.45) is 4.17. The maximum absolute atomic E-state index is 12.9. The standard InChI is InChI=1S/C20H24N4O4/c1-13-7-9-20(10-8-13)18(27)24(19(28)21-20)22-17(26)14-4-2-5-15(12-14)23-11-3-6-16(23)25/h2,4-5,12-13H,3,6-11H2,1H3,(H,21,28)(H,22,26). The van der Waals surface area contributed by atoms with Gasteiger partial charge in [0, 0.05) is 24.2 Å². The van der Waals surface area contributed by atoms with E-state index in [0.29, 0.717) is 37.4 Å². The molecule has 1 aliphatic carbocycles. The van der Waals surface area contributed by atoms with E-state index >= 15 is 0 Å². The quantitative estimate of drug-likeness (QED) is 0.778. The third-order valence-electron chi connectivity index (χ3n) is 6.00. The van der Waals surface area contributed by atoms with Crippen LogP contribution in [0, 0.1) is 5.92 Å². The molecule has 1 saturated carbocycles. The van der Waals surface area contributed by atoms with Gasteiger partial charge in [0.05, 0.1) is 0 Å². The first kappa shape index (κ1) is 18.5. The summed E-state index contributed by atoms with van der Waals surface area (Å²) in [7, 11) is 0. The van der Waals surface area contributed by atoms with Gasteiger partial charge >= 0.3 is 6.03 Å². The molecule has 1 spiro atoms. The molecule has 148 valence electrons. The van der Waals surface area contributed by atoms with Gasteiger partial charge in [-0.05, 0) is 56.2 Å². The normalized spacial score (nSPS) is 27.5. The van der Waals surface area contributed by atoms with Crippen molar-refractivity contribution >= 4 is 29.4 Å². The van der Waals surface area contributed by atoms with Crippen molar-refractivity contribution in [1.82, 2.24) is 15.8 Å². The highest BCUT2D eigenvalue weighted by Gasteiger charge is 2.52. The number of hydrogen-bond acceptors (Lipinski definition) is 4. The minimum absolute atomic E-state index is 0.0279. The molecule has 3 aliphatic rings. The van der Waals surface area contributed by atoms with Gasteiger partial charge in [0.25, 0.3) is 11.8 Å². The Morgan fingerprint density at radius 1 is 1.21 bits per heavy atom. The van der Waals surface area contributed by atoms with E-state index in [-0.39, 0.29) is 11.5 Å². The van der Waals surface area contributed by atoms with Crippen LogP contribution in [0.15, 0.2) is 24.3 Å². The van der Waals surface area contributed by atoms with Gasteiger partial charge in [-0.3, -0.25) is 19.8 Å². The van der Waals surface area contributed by atoms with E-state index in [4.69, 9.17) is 0 Å². The second kappa shape index (κ2) is 6.92. The van der Waals surface area contributed by atoms with E-state index < -0.39 is 23.4 Å². The number of carbonyl (C=O) groups is 4. The summed E-state index contributed by atoms with van der Waals surface area (Å²) < 4.78 is 0. The number of hydrazine groups is 1. The number of imide groups is 1. The molecule has 1 aromatic rings. The van der Waals surface area contributed by atoms with Crippen molar-refractivity contribution < 1.29 is 19.2 Å². The highest BCUT2D eigenvalue weighted by atomic mass is 16.2. The van der Waals surface area contributed by atoms with E-state index in [0.717, 1.165) is 24.3 Å². The molecule has 2 saturated heterocycles. The Morgan fingerprint density at radius 2 is 1.96 bits per heavy atom. The molecule has 2 aliphatic heterocycles. The first-order valence-electron chi connectivity index (χ1n) is 9.78. The molecule has 0 unspecified atom stereocenters. The minimum Gasteiger partial charge on any atom is -0.322 e. The maximum Gasteiger partial charge on any atom is 0.344 e. The van der Waals surface area contributed by atoms with Crippen LogP contribution in [-0.4, -0.2) is 40.8 Å². The Balaban J connectivity index is 1.49. The minimum atomic E-state index is -0.902. The lowest BCUT2D eigenvalue weighted by atomic mass is 9.77. The van der Waals surface area contributed by atoms with Crippen molar-refractivity contribution in [3.05, 3.63) is 29.8 Å². The highest BCUT2D eigenvalue weighted by molar-refractivity contribution is 6.09.